The van der Waals surface area contributed by atoms with Gasteiger partial charge in [0.25, 0.3) is 0 Å². The highest BCUT2D eigenvalue weighted by atomic mass is 16.6. The first kappa shape index (κ1) is 16.9. The summed E-state index contributed by atoms with van der Waals surface area (Å²) in [6.07, 6.45) is -0.822. The van der Waals surface area contributed by atoms with Gasteiger partial charge in [-0.15, -0.1) is 0 Å². The lowest BCUT2D eigenvalue weighted by Crippen LogP contribution is -2.32. The van der Waals surface area contributed by atoms with Crippen molar-refractivity contribution in [2.24, 2.45) is 0 Å². The molecule has 3 aromatic rings. The zero-order valence-corrected chi connectivity index (χ0v) is 13.9. The molecule has 1 aliphatic rings. The van der Waals surface area contributed by atoms with Gasteiger partial charge in [-0.2, -0.15) is 0 Å². The summed E-state index contributed by atoms with van der Waals surface area (Å²) in [5.41, 5.74) is 2.98. The number of pyridine rings is 1. The Morgan fingerprint density at radius 2 is 1.92 bits per heavy atom. The summed E-state index contributed by atoms with van der Waals surface area (Å²) in [6, 6.07) is 9.95. The summed E-state index contributed by atoms with van der Waals surface area (Å²) in [5, 5.41) is 32.8. The number of nitrogens with zero attached hydrogens (tertiary/aromatic N) is 2. The second-order valence-electron chi connectivity index (χ2n) is 6.29. The van der Waals surface area contributed by atoms with E-state index < -0.39 is 24.4 Å². The van der Waals surface area contributed by atoms with E-state index in [0.717, 1.165) is 5.56 Å². The fourth-order valence-electron chi connectivity index (χ4n) is 3.23. The molecular formula is C18H20N4O4. The lowest BCUT2D eigenvalue weighted by molar-refractivity contribution is -0.0224. The summed E-state index contributed by atoms with van der Waals surface area (Å²) < 4.78 is 5.60. The number of aliphatic hydroxyl groups excluding tert-OH is 3. The van der Waals surface area contributed by atoms with Gasteiger partial charge in [0.1, 0.15) is 29.9 Å². The van der Waals surface area contributed by atoms with Crippen LogP contribution in [-0.4, -0.2) is 55.2 Å². The Morgan fingerprint density at radius 3 is 2.65 bits per heavy atom. The standard InChI is InChI=1S/C18H20N4O4/c23-8-12-15(24)16(25)17(26-12)11-7-20-18(14-13(11)21-9-22-14)19-6-10-4-2-1-3-5-10/h1-5,7,9,12,15-17,23-25H,6,8H2,(H,19,20)(H,21,22)/t12-,15-,16-,17-/m1/s1. The van der Waals surface area contributed by atoms with E-state index in [1.807, 2.05) is 30.3 Å². The van der Waals surface area contributed by atoms with Gasteiger partial charge in [0.15, 0.2) is 5.82 Å². The van der Waals surface area contributed by atoms with E-state index in [0.29, 0.717) is 29.0 Å². The molecule has 26 heavy (non-hydrogen) atoms. The molecule has 136 valence electrons. The summed E-state index contributed by atoms with van der Waals surface area (Å²) in [6.45, 7) is 0.234. The Labute approximate surface area is 149 Å². The van der Waals surface area contributed by atoms with Crippen molar-refractivity contribution < 1.29 is 20.1 Å². The van der Waals surface area contributed by atoms with Gasteiger partial charge in [-0.25, -0.2) is 9.97 Å². The largest absolute Gasteiger partial charge is 0.394 e. The fourth-order valence-corrected chi connectivity index (χ4v) is 3.23. The first-order chi connectivity index (χ1) is 12.7. The molecule has 0 aliphatic carbocycles. The molecule has 4 atom stereocenters. The van der Waals surface area contributed by atoms with Crippen molar-refractivity contribution in [3.05, 3.63) is 54.0 Å². The van der Waals surface area contributed by atoms with Crippen LogP contribution in [0.25, 0.3) is 11.0 Å². The number of benzene rings is 1. The molecule has 3 heterocycles. The Kier molecular flexibility index (Phi) is 4.56. The zero-order chi connectivity index (χ0) is 18.1. The molecule has 8 nitrogen and oxygen atoms in total. The zero-order valence-electron chi connectivity index (χ0n) is 13.9. The number of ether oxygens (including phenoxy) is 1. The summed E-state index contributed by atoms with van der Waals surface area (Å²) in [4.78, 5) is 11.8. The maximum absolute atomic E-state index is 10.3. The van der Waals surface area contributed by atoms with E-state index in [-0.39, 0.29) is 6.61 Å². The summed E-state index contributed by atoms with van der Waals surface area (Å²) >= 11 is 0. The summed E-state index contributed by atoms with van der Waals surface area (Å²) in [7, 11) is 0. The number of imidazole rings is 1. The maximum Gasteiger partial charge on any atom is 0.152 e. The van der Waals surface area contributed by atoms with Gasteiger partial charge in [-0.3, -0.25) is 0 Å². The minimum Gasteiger partial charge on any atom is -0.394 e. The highest BCUT2D eigenvalue weighted by Crippen LogP contribution is 2.37. The monoisotopic (exact) mass is 356 g/mol. The molecule has 0 unspecified atom stereocenters. The highest BCUT2D eigenvalue weighted by Gasteiger charge is 2.44. The van der Waals surface area contributed by atoms with Gasteiger partial charge in [0.2, 0.25) is 0 Å². The number of hydrogen-bond donors (Lipinski definition) is 5. The third kappa shape index (κ3) is 2.93. The van der Waals surface area contributed by atoms with Crippen LogP contribution in [0.15, 0.2) is 42.9 Å². The molecule has 1 saturated heterocycles. The van der Waals surface area contributed by atoms with E-state index in [2.05, 4.69) is 20.3 Å². The van der Waals surface area contributed by atoms with E-state index in [9.17, 15) is 15.3 Å². The third-order valence-corrected chi connectivity index (χ3v) is 4.63. The van der Waals surface area contributed by atoms with Crippen LogP contribution in [0, 0.1) is 0 Å². The topological polar surface area (TPSA) is 124 Å². The molecule has 1 aromatic carbocycles. The van der Waals surface area contributed by atoms with Gasteiger partial charge in [-0.05, 0) is 5.56 Å². The minimum atomic E-state index is -1.16. The van der Waals surface area contributed by atoms with Crippen LogP contribution in [0.2, 0.25) is 0 Å². The molecule has 1 aliphatic heterocycles. The molecule has 2 aromatic heterocycles. The Hall–Kier alpha value is -2.52. The molecule has 4 rings (SSSR count). The van der Waals surface area contributed by atoms with Crippen LogP contribution in [0.1, 0.15) is 17.2 Å². The van der Waals surface area contributed by atoms with Crippen molar-refractivity contribution in [1.29, 1.82) is 0 Å². The minimum absolute atomic E-state index is 0.372. The second kappa shape index (κ2) is 7.00. The molecule has 1 fully saturated rings. The summed E-state index contributed by atoms with van der Waals surface area (Å²) in [5.74, 6) is 0.636. The average Bonchev–Trinajstić information content (AvgIpc) is 3.27. The predicted molar refractivity (Wildman–Crippen MR) is 94.4 cm³/mol. The Bertz CT molecular complexity index is 885. The van der Waals surface area contributed by atoms with Gasteiger partial charge in [-0.1, -0.05) is 30.3 Å². The van der Waals surface area contributed by atoms with Crippen molar-refractivity contribution in [3.8, 4) is 0 Å². The molecule has 0 bridgehead atoms. The molecule has 0 radical (unpaired) electrons. The number of fused-ring (bicyclic) bond motifs is 1. The van der Waals surface area contributed by atoms with Gasteiger partial charge >= 0.3 is 0 Å². The molecule has 0 saturated carbocycles. The molecular weight excluding hydrogens is 336 g/mol. The van der Waals surface area contributed by atoms with Crippen LogP contribution >= 0.6 is 0 Å². The first-order valence-electron chi connectivity index (χ1n) is 8.41. The van der Waals surface area contributed by atoms with Crippen molar-refractivity contribution in [2.45, 2.75) is 31.0 Å². The second-order valence-corrected chi connectivity index (χ2v) is 6.29. The van der Waals surface area contributed by atoms with E-state index in [1.54, 1.807) is 12.5 Å². The van der Waals surface area contributed by atoms with Crippen LogP contribution in [0.3, 0.4) is 0 Å². The van der Waals surface area contributed by atoms with Gasteiger partial charge in [0.05, 0.1) is 18.5 Å². The smallest absolute Gasteiger partial charge is 0.152 e. The lowest BCUT2D eigenvalue weighted by Gasteiger charge is -2.16. The normalized spacial score (nSPS) is 25.7. The number of aromatic nitrogens is 3. The van der Waals surface area contributed by atoms with Crippen LogP contribution in [-0.2, 0) is 11.3 Å². The van der Waals surface area contributed by atoms with E-state index in [4.69, 9.17) is 4.74 Å². The fraction of sp³-hybridized carbons (Fsp3) is 0.333. The Balaban J connectivity index is 1.62. The molecule has 0 spiro atoms. The number of aromatic amines is 1. The highest BCUT2D eigenvalue weighted by molar-refractivity contribution is 5.88. The van der Waals surface area contributed by atoms with Crippen LogP contribution < -0.4 is 5.32 Å². The number of nitrogens with one attached hydrogen (secondary N) is 2. The van der Waals surface area contributed by atoms with Crippen molar-refractivity contribution in [1.82, 2.24) is 15.0 Å². The number of H-pyrrole nitrogens is 1. The Morgan fingerprint density at radius 1 is 1.12 bits per heavy atom. The molecule has 8 heteroatoms. The SMILES string of the molecule is OC[C@H]1O[C@H](c2cnc(NCc3ccccc3)c3[nH]cnc23)[C@H](O)[C@@H]1O. The third-order valence-electron chi connectivity index (χ3n) is 4.63. The quantitative estimate of drug-likeness (QED) is 0.456. The molecule has 0 amide bonds. The van der Waals surface area contributed by atoms with Gasteiger partial charge in [0, 0.05) is 18.3 Å². The first-order valence-corrected chi connectivity index (χ1v) is 8.41. The lowest BCUT2D eigenvalue weighted by atomic mass is 10.0. The van der Waals surface area contributed by atoms with E-state index >= 15 is 0 Å². The maximum atomic E-state index is 10.3. The number of hydrogen-bond acceptors (Lipinski definition) is 7. The van der Waals surface area contributed by atoms with Gasteiger partial charge < -0.3 is 30.4 Å². The average molecular weight is 356 g/mol. The van der Waals surface area contributed by atoms with E-state index in [1.165, 1.54) is 0 Å². The molecule has 5 N–H and O–H groups in total. The van der Waals surface area contributed by atoms with Crippen molar-refractivity contribution >= 4 is 16.9 Å². The number of rotatable bonds is 5. The van der Waals surface area contributed by atoms with Crippen LogP contribution in [0.4, 0.5) is 5.82 Å². The van der Waals surface area contributed by atoms with Crippen LogP contribution in [0.5, 0.6) is 0 Å². The number of anilines is 1. The van der Waals surface area contributed by atoms with Crippen molar-refractivity contribution in [2.75, 3.05) is 11.9 Å². The number of aliphatic hydroxyl groups is 3. The van der Waals surface area contributed by atoms with Crippen molar-refractivity contribution in [3.63, 3.8) is 0 Å². The predicted octanol–water partition coefficient (Wildman–Crippen LogP) is 0.724.